The van der Waals surface area contributed by atoms with Crippen molar-refractivity contribution in [2.24, 2.45) is 0 Å². The standard InChI is InChI=1S/C13H11ClN4O3/c1-17(8-9-2-5-15-6-3-9)13(19)10-4-7-16-12(14)11(10)18(20)21/h2-7H,8H2,1H3. The van der Waals surface area contributed by atoms with Crippen molar-refractivity contribution in [1.29, 1.82) is 0 Å². The molecule has 0 fully saturated rings. The lowest BCUT2D eigenvalue weighted by Gasteiger charge is -2.17. The van der Waals surface area contributed by atoms with Crippen LogP contribution in [0.5, 0.6) is 0 Å². The van der Waals surface area contributed by atoms with E-state index >= 15 is 0 Å². The molecule has 2 rings (SSSR count). The molecule has 8 heteroatoms. The Labute approximate surface area is 125 Å². The van der Waals surface area contributed by atoms with Crippen molar-refractivity contribution < 1.29 is 9.72 Å². The van der Waals surface area contributed by atoms with Crippen LogP contribution in [0.25, 0.3) is 0 Å². The molecular formula is C13H11ClN4O3. The number of rotatable bonds is 4. The van der Waals surface area contributed by atoms with E-state index in [-0.39, 0.29) is 10.7 Å². The average Bonchev–Trinajstić information content (AvgIpc) is 2.46. The third kappa shape index (κ3) is 3.32. The molecule has 0 radical (unpaired) electrons. The summed E-state index contributed by atoms with van der Waals surface area (Å²) in [5.41, 5.74) is 0.297. The van der Waals surface area contributed by atoms with Gasteiger partial charge in [0.05, 0.1) is 4.92 Å². The number of pyridine rings is 2. The Morgan fingerprint density at radius 2 is 2.00 bits per heavy atom. The highest BCUT2D eigenvalue weighted by Gasteiger charge is 2.26. The smallest absolute Gasteiger partial charge is 0.319 e. The van der Waals surface area contributed by atoms with Gasteiger partial charge in [0.25, 0.3) is 5.91 Å². The Morgan fingerprint density at radius 3 is 2.62 bits per heavy atom. The van der Waals surface area contributed by atoms with Gasteiger partial charge in [-0.05, 0) is 23.8 Å². The molecule has 108 valence electrons. The van der Waals surface area contributed by atoms with Crippen LogP contribution in [0, 0.1) is 10.1 Å². The third-order valence-electron chi connectivity index (χ3n) is 2.81. The number of nitro groups is 1. The molecular weight excluding hydrogens is 296 g/mol. The van der Waals surface area contributed by atoms with Crippen LogP contribution in [-0.2, 0) is 6.54 Å². The van der Waals surface area contributed by atoms with Crippen LogP contribution in [-0.4, -0.2) is 32.7 Å². The Morgan fingerprint density at radius 1 is 1.33 bits per heavy atom. The fourth-order valence-electron chi connectivity index (χ4n) is 1.81. The molecule has 2 aromatic rings. The molecule has 7 nitrogen and oxygen atoms in total. The number of hydrogen-bond donors (Lipinski definition) is 0. The molecule has 0 saturated heterocycles. The Kier molecular flexibility index (Phi) is 4.44. The lowest BCUT2D eigenvalue weighted by molar-refractivity contribution is -0.385. The first kappa shape index (κ1) is 14.9. The van der Waals surface area contributed by atoms with E-state index in [0.29, 0.717) is 6.54 Å². The monoisotopic (exact) mass is 306 g/mol. The van der Waals surface area contributed by atoms with Gasteiger partial charge < -0.3 is 4.90 Å². The van der Waals surface area contributed by atoms with Crippen molar-refractivity contribution in [3.05, 3.63) is 63.2 Å². The highest BCUT2D eigenvalue weighted by molar-refractivity contribution is 6.32. The predicted octanol–water partition coefficient (Wildman–Crippen LogP) is 2.31. The molecule has 2 aromatic heterocycles. The number of carbonyl (C=O) groups excluding carboxylic acids is 1. The van der Waals surface area contributed by atoms with E-state index in [1.54, 1.807) is 31.6 Å². The molecule has 2 heterocycles. The van der Waals surface area contributed by atoms with Crippen molar-refractivity contribution >= 4 is 23.2 Å². The van der Waals surface area contributed by atoms with Crippen molar-refractivity contribution in [2.75, 3.05) is 7.05 Å². The minimum absolute atomic E-state index is 0.0865. The number of carbonyl (C=O) groups is 1. The second-order valence-electron chi connectivity index (χ2n) is 4.27. The average molecular weight is 307 g/mol. The van der Waals surface area contributed by atoms with Gasteiger partial charge in [-0.25, -0.2) is 4.98 Å². The van der Waals surface area contributed by atoms with Crippen LogP contribution < -0.4 is 0 Å². The quantitative estimate of drug-likeness (QED) is 0.491. The third-order valence-corrected chi connectivity index (χ3v) is 3.08. The number of nitrogens with zero attached hydrogens (tertiary/aromatic N) is 4. The molecule has 21 heavy (non-hydrogen) atoms. The van der Waals surface area contributed by atoms with Gasteiger partial charge in [0.1, 0.15) is 5.56 Å². The molecule has 0 atom stereocenters. The molecule has 0 aromatic carbocycles. The summed E-state index contributed by atoms with van der Waals surface area (Å²) in [7, 11) is 1.56. The van der Waals surface area contributed by atoms with Crippen LogP contribution in [0.1, 0.15) is 15.9 Å². The SMILES string of the molecule is CN(Cc1ccncc1)C(=O)c1ccnc(Cl)c1[N+](=O)[O-]. The maximum Gasteiger partial charge on any atom is 0.319 e. The van der Waals surface area contributed by atoms with Crippen LogP contribution >= 0.6 is 11.6 Å². The summed E-state index contributed by atoms with van der Waals surface area (Å²) < 4.78 is 0. The maximum atomic E-state index is 12.3. The second kappa shape index (κ2) is 6.27. The fourth-order valence-corrected chi connectivity index (χ4v) is 2.04. The van der Waals surface area contributed by atoms with Gasteiger partial charge in [0, 0.05) is 32.2 Å². The van der Waals surface area contributed by atoms with Crippen LogP contribution in [0.15, 0.2) is 36.8 Å². The fraction of sp³-hybridized carbons (Fsp3) is 0.154. The van der Waals surface area contributed by atoms with Gasteiger partial charge in [-0.2, -0.15) is 0 Å². The van der Waals surface area contributed by atoms with E-state index in [2.05, 4.69) is 9.97 Å². The Balaban J connectivity index is 2.28. The zero-order chi connectivity index (χ0) is 15.4. The van der Waals surface area contributed by atoms with E-state index < -0.39 is 16.5 Å². The van der Waals surface area contributed by atoms with E-state index in [1.165, 1.54) is 17.2 Å². The van der Waals surface area contributed by atoms with Crippen LogP contribution in [0.2, 0.25) is 5.15 Å². The van der Waals surface area contributed by atoms with Crippen LogP contribution in [0.3, 0.4) is 0 Å². The van der Waals surface area contributed by atoms with Gasteiger partial charge in [-0.3, -0.25) is 19.9 Å². The molecule has 0 spiro atoms. The van der Waals surface area contributed by atoms with E-state index in [1.807, 2.05) is 0 Å². The van der Waals surface area contributed by atoms with Gasteiger partial charge >= 0.3 is 5.69 Å². The minimum Gasteiger partial charge on any atom is -0.337 e. The first-order chi connectivity index (χ1) is 10.0. The summed E-state index contributed by atoms with van der Waals surface area (Å²) in [6.45, 7) is 0.304. The maximum absolute atomic E-state index is 12.3. The highest BCUT2D eigenvalue weighted by Crippen LogP contribution is 2.27. The Hall–Kier alpha value is -2.54. The summed E-state index contributed by atoms with van der Waals surface area (Å²) in [6.07, 6.45) is 4.49. The topological polar surface area (TPSA) is 89.2 Å². The zero-order valence-corrected chi connectivity index (χ0v) is 11.8. The van der Waals surface area contributed by atoms with Crippen molar-refractivity contribution in [3.63, 3.8) is 0 Å². The van der Waals surface area contributed by atoms with E-state index in [4.69, 9.17) is 11.6 Å². The molecule has 0 bridgehead atoms. The number of halogens is 1. The largest absolute Gasteiger partial charge is 0.337 e. The molecule has 0 aliphatic rings. The summed E-state index contributed by atoms with van der Waals surface area (Å²) in [6, 6.07) is 4.81. The van der Waals surface area contributed by atoms with E-state index in [0.717, 1.165) is 5.56 Å². The van der Waals surface area contributed by atoms with E-state index in [9.17, 15) is 14.9 Å². The first-order valence-electron chi connectivity index (χ1n) is 5.94. The molecule has 0 aliphatic heterocycles. The van der Waals surface area contributed by atoms with Crippen molar-refractivity contribution in [1.82, 2.24) is 14.9 Å². The van der Waals surface area contributed by atoms with Gasteiger partial charge in [0.15, 0.2) is 0 Å². The first-order valence-corrected chi connectivity index (χ1v) is 6.31. The minimum atomic E-state index is -0.706. The second-order valence-corrected chi connectivity index (χ2v) is 4.63. The molecule has 0 aliphatic carbocycles. The lowest BCUT2D eigenvalue weighted by atomic mass is 10.2. The lowest BCUT2D eigenvalue weighted by Crippen LogP contribution is -2.27. The highest BCUT2D eigenvalue weighted by atomic mass is 35.5. The van der Waals surface area contributed by atoms with Crippen LogP contribution in [0.4, 0.5) is 5.69 Å². The number of aromatic nitrogens is 2. The predicted molar refractivity (Wildman–Crippen MR) is 75.9 cm³/mol. The van der Waals surface area contributed by atoms with Gasteiger partial charge in [0.2, 0.25) is 5.15 Å². The molecule has 0 unspecified atom stereocenters. The summed E-state index contributed by atoms with van der Waals surface area (Å²) >= 11 is 5.70. The number of amides is 1. The molecule has 0 saturated carbocycles. The summed E-state index contributed by atoms with van der Waals surface area (Å²) in [4.78, 5) is 31.6. The Bertz CT molecular complexity index is 678. The summed E-state index contributed by atoms with van der Waals surface area (Å²) in [5.74, 6) is -0.497. The van der Waals surface area contributed by atoms with Crippen molar-refractivity contribution in [3.8, 4) is 0 Å². The summed E-state index contributed by atoms with van der Waals surface area (Å²) in [5, 5.41) is 10.7. The normalized spacial score (nSPS) is 10.2. The molecule has 1 amide bonds. The number of hydrogen-bond acceptors (Lipinski definition) is 5. The molecule has 0 N–H and O–H groups in total. The zero-order valence-electron chi connectivity index (χ0n) is 11.1. The van der Waals surface area contributed by atoms with Gasteiger partial charge in [-0.15, -0.1) is 0 Å². The van der Waals surface area contributed by atoms with Crippen molar-refractivity contribution in [2.45, 2.75) is 6.54 Å². The van der Waals surface area contributed by atoms with Gasteiger partial charge in [-0.1, -0.05) is 11.6 Å².